The zero-order valence-electron chi connectivity index (χ0n) is 15.9. The minimum atomic E-state index is -1.22. The first kappa shape index (κ1) is 18.6. The number of benzene rings is 2. The van der Waals surface area contributed by atoms with Crippen molar-refractivity contribution in [1.82, 2.24) is 20.5 Å². The lowest BCUT2D eigenvalue weighted by Crippen LogP contribution is -2.43. The van der Waals surface area contributed by atoms with Crippen molar-refractivity contribution < 1.29 is 14.4 Å². The number of urea groups is 1. The Morgan fingerprint density at radius 3 is 2.59 bits per heavy atom. The van der Waals surface area contributed by atoms with Gasteiger partial charge in [-0.25, -0.2) is 4.79 Å². The van der Waals surface area contributed by atoms with Gasteiger partial charge >= 0.3 is 6.03 Å². The van der Waals surface area contributed by atoms with E-state index in [1.54, 1.807) is 25.3 Å². The number of carbonyl (C=O) groups excluding carboxylic acids is 3. The van der Waals surface area contributed by atoms with Crippen molar-refractivity contribution >= 4 is 28.6 Å². The Morgan fingerprint density at radius 2 is 1.83 bits per heavy atom. The number of imide groups is 1. The van der Waals surface area contributed by atoms with Crippen LogP contribution in [0, 0.1) is 0 Å². The van der Waals surface area contributed by atoms with E-state index in [4.69, 9.17) is 0 Å². The van der Waals surface area contributed by atoms with Crippen molar-refractivity contribution in [3.63, 3.8) is 0 Å². The van der Waals surface area contributed by atoms with Gasteiger partial charge in [0.25, 0.3) is 5.91 Å². The van der Waals surface area contributed by atoms with Gasteiger partial charge in [-0.15, -0.1) is 0 Å². The smallest absolute Gasteiger partial charge is 0.325 e. The Bertz CT molecular complexity index is 1100. The quantitative estimate of drug-likeness (QED) is 0.656. The third kappa shape index (κ3) is 3.54. The largest absolute Gasteiger partial charge is 0.349 e. The van der Waals surface area contributed by atoms with Crippen molar-refractivity contribution in [2.75, 3.05) is 6.54 Å². The number of carbonyl (C=O) groups is 3. The summed E-state index contributed by atoms with van der Waals surface area (Å²) in [5, 5.41) is 7.43. The maximum absolute atomic E-state index is 13.0. The summed E-state index contributed by atoms with van der Waals surface area (Å²) in [6.07, 6.45) is 1.63. The van der Waals surface area contributed by atoms with Crippen molar-refractivity contribution in [3.8, 4) is 0 Å². The van der Waals surface area contributed by atoms with E-state index in [9.17, 15) is 14.4 Å². The Morgan fingerprint density at radius 1 is 1.07 bits per heavy atom. The minimum absolute atomic E-state index is 0.227. The molecule has 1 fully saturated rings. The third-order valence-electron chi connectivity index (χ3n) is 5.10. The Kier molecular flexibility index (Phi) is 4.72. The first-order chi connectivity index (χ1) is 14.0. The van der Waals surface area contributed by atoms with Crippen LogP contribution in [-0.2, 0) is 21.7 Å². The zero-order valence-corrected chi connectivity index (χ0v) is 15.9. The topological polar surface area (TPSA) is 91.4 Å². The van der Waals surface area contributed by atoms with Crippen molar-refractivity contribution in [2.45, 2.75) is 19.0 Å². The molecule has 4 rings (SSSR count). The summed E-state index contributed by atoms with van der Waals surface area (Å²) < 4.78 is 0. The second-order valence-corrected chi connectivity index (χ2v) is 7.11. The Labute approximate surface area is 167 Å². The molecule has 1 aliphatic heterocycles. The molecule has 2 aromatic carbocycles. The number of fused-ring (bicyclic) bond motifs is 1. The molecule has 7 nitrogen and oxygen atoms in total. The molecule has 2 heterocycles. The molecule has 0 bridgehead atoms. The van der Waals surface area contributed by atoms with Gasteiger partial charge in [-0.1, -0.05) is 42.5 Å². The van der Waals surface area contributed by atoms with Gasteiger partial charge < -0.3 is 10.6 Å². The normalized spacial score (nSPS) is 18.7. The first-order valence-electron chi connectivity index (χ1n) is 9.27. The predicted octanol–water partition coefficient (Wildman–Crippen LogP) is 2.32. The summed E-state index contributed by atoms with van der Waals surface area (Å²) in [5.74, 6) is -0.882. The second kappa shape index (κ2) is 7.35. The van der Waals surface area contributed by atoms with Gasteiger partial charge in [-0.2, -0.15) is 0 Å². The fourth-order valence-electron chi connectivity index (χ4n) is 3.43. The molecule has 0 saturated carbocycles. The van der Waals surface area contributed by atoms with Crippen LogP contribution in [0.5, 0.6) is 0 Å². The van der Waals surface area contributed by atoms with Gasteiger partial charge in [-0.3, -0.25) is 19.5 Å². The van der Waals surface area contributed by atoms with Crippen LogP contribution in [-0.4, -0.2) is 34.3 Å². The molecule has 1 aliphatic rings. The lowest BCUT2D eigenvalue weighted by molar-refractivity contribution is -0.134. The van der Waals surface area contributed by atoms with Crippen LogP contribution in [0.25, 0.3) is 10.8 Å². The number of nitrogens with one attached hydrogen (secondary N) is 2. The van der Waals surface area contributed by atoms with E-state index in [1.165, 1.54) is 0 Å². The Balaban J connectivity index is 1.49. The number of pyridine rings is 1. The number of aromatic nitrogens is 1. The molecule has 0 aliphatic carbocycles. The fraction of sp³-hybridized carbons (Fsp3) is 0.182. The molecule has 1 atom stereocenters. The van der Waals surface area contributed by atoms with Crippen LogP contribution < -0.4 is 10.6 Å². The maximum atomic E-state index is 13.0. The molecule has 29 heavy (non-hydrogen) atoms. The molecular formula is C22H20N4O3. The molecule has 1 saturated heterocycles. The van der Waals surface area contributed by atoms with Gasteiger partial charge in [0, 0.05) is 6.20 Å². The van der Waals surface area contributed by atoms with Crippen LogP contribution in [0.2, 0.25) is 0 Å². The van der Waals surface area contributed by atoms with Crippen molar-refractivity contribution in [1.29, 1.82) is 0 Å². The molecule has 4 amide bonds. The van der Waals surface area contributed by atoms with E-state index in [2.05, 4.69) is 15.6 Å². The summed E-state index contributed by atoms with van der Waals surface area (Å²) in [4.78, 5) is 42.8. The number of nitrogens with zero attached hydrogens (tertiary/aromatic N) is 2. The molecular weight excluding hydrogens is 368 g/mol. The summed E-state index contributed by atoms with van der Waals surface area (Å²) >= 11 is 0. The lowest BCUT2D eigenvalue weighted by Gasteiger charge is -2.22. The van der Waals surface area contributed by atoms with Crippen LogP contribution in [0.15, 0.2) is 66.9 Å². The highest BCUT2D eigenvalue weighted by Crippen LogP contribution is 2.30. The van der Waals surface area contributed by atoms with Gasteiger partial charge in [-0.05, 0) is 41.5 Å². The summed E-state index contributed by atoms with van der Waals surface area (Å²) in [6, 6.07) is 18.2. The molecule has 1 unspecified atom stereocenters. The highest BCUT2D eigenvalue weighted by molar-refractivity contribution is 6.09. The van der Waals surface area contributed by atoms with E-state index in [1.807, 2.05) is 48.5 Å². The van der Waals surface area contributed by atoms with Crippen LogP contribution in [0.3, 0.4) is 0 Å². The summed E-state index contributed by atoms with van der Waals surface area (Å²) in [6.45, 7) is 1.54. The molecule has 146 valence electrons. The van der Waals surface area contributed by atoms with Crippen LogP contribution in [0.1, 0.15) is 18.2 Å². The van der Waals surface area contributed by atoms with E-state index >= 15 is 0 Å². The lowest BCUT2D eigenvalue weighted by atomic mass is 9.90. The molecule has 0 radical (unpaired) electrons. The van der Waals surface area contributed by atoms with E-state index < -0.39 is 23.4 Å². The van der Waals surface area contributed by atoms with Gasteiger partial charge in [0.15, 0.2) is 0 Å². The highest BCUT2D eigenvalue weighted by Gasteiger charge is 2.49. The van der Waals surface area contributed by atoms with Crippen LogP contribution >= 0.6 is 0 Å². The standard InChI is InChI=1S/C22H20N4O3/c1-22(17-10-9-15-6-2-3-7-16(15)12-17)20(28)26(21(29)25-22)14-19(27)24-13-18-8-4-5-11-23-18/h2-12H,13-14H2,1H3,(H,24,27)(H,25,29). The predicted molar refractivity (Wildman–Crippen MR) is 108 cm³/mol. The monoisotopic (exact) mass is 388 g/mol. The number of rotatable bonds is 5. The van der Waals surface area contributed by atoms with Crippen molar-refractivity contribution in [3.05, 3.63) is 78.1 Å². The van der Waals surface area contributed by atoms with E-state index in [-0.39, 0.29) is 13.1 Å². The second-order valence-electron chi connectivity index (χ2n) is 7.11. The first-order valence-corrected chi connectivity index (χ1v) is 9.27. The van der Waals surface area contributed by atoms with Gasteiger partial charge in [0.05, 0.1) is 12.2 Å². The highest BCUT2D eigenvalue weighted by atomic mass is 16.2. The molecule has 1 aromatic heterocycles. The molecule has 2 N–H and O–H groups in total. The third-order valence-corrected chi connectivity index (χ3v) is 5.10. The van der Waals surface area contributed by atoms with Crippen molar-refractivity contribution in [2.24, 2.45) is 0 Å². The SMILES string of the molecule is CC1(c2ccc3ccccc3c2)NC(=O)N(CC(=O)NCc2ccccn2)C1=O. The summed E-state index contributed by atoms with van der Waals surface area (Å²) in [7, 11) is 0. The number of amides is 4. The average molecular weight is 388 g/mol. The summed E-state index contributed by atoms with van der Waals surface area (Å²) in [5.41, 5.74) is 0.146. The van der Waals surface area contributed by atoms with Gasteiger partial charge in [0.2, 0.25) is 5.91 Å². The maximum Gasteiger partial charge on any atom is 0.325 e. The minimum Gasteiger partial charge on any atom is -0.349 e. The van der Waals surface area contributed by atoms with Crippen LogP contribution in [0.4, 0.5) is 4.79 Å². The van der Waals surface area contributed by atoms with Gasteiger partial charge in [0.1, 0.15) is 12.1 Å². The number of hydrogen-bond donors (Lipinski definition) is 2. The number of hydrogen-bond acceptors (Lipinski definition) is 4. The zero-order chi connectivity index (χ0) is 20.4. The molecule has 0 spiro atoms. The fourth-order valence-corrected chi connectivity index (χ4v) is 3.43. The Hall–Kier alpha value is -3.74. The molecule has 3 aromatic rings. The average Bonchev–Trinajstić information content (AvgIpc) is 2.96. The van der Waals surface area contributed by atoms with E-state index in [0.29, 0.717) is 11.3 Å². The molecule has 7 heteroatoms. The van der Waals surface area contributed by atoms with E-state index in [0.717, 1.165) is 15.7 Å².